The average molecular weight is 349 g/mol. The summed E-state index contributed by atoms with van der Waals surface area (Å²) in [4.78, 5) is 37.6. The minimum Gasteiger partial charge on any atom is -0.350 e. The number of fused-ring (bicyclic) bond motifs is 1. The number of rotatable bonds is 3. The van der Waals surface area contributed by atoms with Gasteiger partial charge < -0.3 is 14.4 Å². The van der Waals surface area contributed by atoms with Crippen LogP contribution in [0.4, 0.5) is 5.95 Å². The maximum Gasteiger partial charge on any atom is 0.295 e. The van der Waals surface area contributed by atoms with Crippen LogP contribution in [0.25, 0.3) is 10.9 Å². The number of piperazine rings is 1. The summed E-state index contributed by atoms with van der Waals surface area (Å²) in [5.41, 5.74) is 1.40. The summed E-state index contributed by atoms with van der Waals surface area (Å²) in [6.07, 6.45) is 5.13. The fourth-order valence-electron chi connectivity index (χ4n) is 3.35. The topological polar surface area (TPSA) is 71.3 Å². The fraction of sp³-hybridized carbons (Fsp3) is 0.263. The van der Waals surface area contributed by atoms with Crippen LogP contribution in [0.2, 0.25) is 0 Å². The van der Waals surface area contributed by atoms with E-state index in [0.717, 1.165) is 10.9 Å². The van der Waals surface area contributed by atoms with Gasteiger partial charge in [-0.2, -0.15) is 0 Å². The predicted molar refractivity (Wildman–Crippen MR) is 98.1 cm³/mol. The monoisotopic (exact) mass is 349 g/mol. The lowest BCUT2D eigenvalue weighted by Gasteiger charge is -2.34. The van der Waals surface area contributed by atoms with E-state index >= 15 is 0 Å². The minimum absolute atomic E-state index is 0.449. The van der Waals surface area contributed by atoms with E-state index in [1.165, 1.54) is 0 Å². The van der Waals surface area contributed by atoms with Crippen molar-refractivity contribution >= 4 is 28.5 Å². The van der Waals surface area contributed by atoms with Gasteiger partial charge >= 0.3 is 0 Å². The standard InChI is InChI=1S/C19H19N5O2/c1-22-13-15(14-5-2-3-6-16(14)22)17(25)18(26)23-9-11-24(12-10-23)19-20-7-4-8-21-19/h2-8,13H,9-12H2,1H3. The molecule has 3 aromatic rings. The van der Waals surface area contributed by atoms with E-state index in [1.807, 2.05) is 40.8 Å². The van der Waals surface area contributed by atoms with E-state index < -0.39 is 11.7 Å². The van der Waals surface area contributed by atoms with Gasteiger partial charge in [-0.05, 0) is 12.1 Å². The van der Waals surface area contributed by atoms with Gasteiger partial charge in [-0.25, -0.2) is 9.97 Å². The zero-order chi connectivity index (χ0) is 18.1. The number of nitrogens with zero attached hydrogens (tertiary/aromatic N) is 5. The van der Waals surface area contributed by atoms with Gasteiger partial charge in [-0.1, -0.05) is 18.2 Å². The Balaban J connectivity index is 1.49. The van der Waals surface area contributed by atoms with Crippen LogP contribution in [0.1, 0.15) is 10.4 Å². The number of anilines is 1. The third-order valence-electron chi connectivity index (χ3n) is 4.74. The van der Waals surface area contributed by atoms with Gasteiger partial charge in [0.15, 0.2) is 0 Å². The normalized spacial score (nSPS) is 14.7. The Morgan fingerprint density at radius 1 is 0.962 bits per heavy atom. The Kier molecular flexibility index (Phi) is 4.12. The van der Waals surface area contributed by atoms with Gasteiger partial charge in [-0.15, -0.1) is 0 Å². The number of aromatic nitrogens is 3. The maximum absolute atomic E-state index is 12.8. The molecule has 132 valence electrons. The molecular weight excluding hydrogens is 330 g/mol. The van der Waals surface area contributed by atoms with Gasteiger partial charge in [0.05, 0.1) is 5.56 Å². The third-order valence-corrected chi connectivity index (χ3v) is 4.74. The summed E-state index contributed by atoms with van der Waals surface area (Å²) >= 11 is 0. The number of benzene rings is 1. The molecule has 1 aromatic carbocycles. The largest absolute Gasteiger partial charge is 0.350 e. The number of hydrogen-bond acceptors (Lipinski definition) is 5. The summed E-state index contributed by atoms with van der Waals surface area (Å²) in [7, 11) is 1.88. The fourth-order valence-corrected chi connectivity index (χ4v) is 3.35. The molecule has 2 aromatic heterocycles. The molecule has 1 aliphatic heterocycles. The van der Waals surface area contributed by atoms with E-state index in [0.29, 0.717) is 37.7 Å². The van der Waals surface area contributed by atoms with E-state index in [4.69, 9.17) is 0 Å². The second kappa shape index (κ2) is 6.59. The van der Waals surface area contributed by atoms with E-state index in [2.05, 4.69) is 9.97 Å². The molecule has 26 heavy (non-hydrogen) atoms. The highest BCUT2D eigenvalue weighted by atomic mass is 16.2. The predicted octanol–water partition coefficient (Wildman–Crippen LogP) is 1.50. The molecule has 0 unspecified atom stereocenters. The number of carbonyl (C=O) groups excluding carboxylic acids is 2. The second-order valence-corrected chi connectivity index (χ2v) is 6.33. The summed E-state index contributed by atoms with van der Waals surface area (Å²) in [5.74, 6) is -0.249. The van der Waals surface area contributed by atoms with Crippen molar-refractivity contribution in [3.63, 3.8) is 0 Å². The molecule has 0 atom stereocenters. The summed E-state index contributed by atoms with van der Waals surface area (Å²) in [5, 5.41) is 0.810. The molecule has 0 saturated carbocycles. The number of para-hydroxylation sites is 1. The van der Waals surface area contributed by atoms with Crippen LogP contribution in [0.5, 0.6) is 0 Å². The van der Waals surface area contributed by atoms with Gasteiger partial charge in [0.25, 0.3) is 11.7 Å². The SMILES string of the molecule is Cn1cc(C(=O)C(=O)N2CCN(c3ncccn3)CC2)c2ccccc21. The van der Waals surface area contributed by atoms with Crippen LogP contribution >= 0.6 is 0 Å². The second-order valence-electron chi connectivity index (χ2n) is 6.33. The lowest BCUT2D eigenvalue weighted by atomic mass is 10.1. The van der Waals surface area contributed by atoms with Gasteiger partial charge in [0, 0.05) is 62.7 Å². The number of ketones is 1. The van der Waals surface area contributed by atoms with Crippen LogP contribution in [0.15, 0.2) is 48.9 Å². The zero-order valence-corrected chi connectivity index (χ0v) is 14.5. The lowest BCUT2D eigenvalue weighted by molar-refractivity contribution is -0.126. The number of hydrogen-bond donors (Lipinski definition) is 0. The molecule has 1 saturated heterocycles. The molecule has 1 fully saturated rings. The first-order valence-electron chi connectivity index (χ1n) is 8.55. The summed E-state index contributed by atoms with van der Waals surface area (Å²) in [6, 6.07) is 9.38. The number of Topliss-reactive ketones (excluding diaryl/α,β-unsaturated/α-hetero) is 1. The summed E-state index contributed by atoms with van der Waals surface area (Å²) in [6.45, 7) is 2.18. The first-order chi connectivity index (χ1) is 12.6. The van der Waals surface area contributed by atoms with E-state index in [-0.39, 0.29) is 0 Å². The third kappa shape index (κ3) is 2.81. The van der Waals surface area contributed by atoms with Gasteiger partial charge in [-0.3, -0.25) is 9.59 Å². The highest BCUT2D eigenvalue weighted by molar-refractivity contribution is 6.44. The highest BCUT2D eigenvalue weighted by Gasteiger charge is 2.29. The van der Waals surface area contributed by atoms with Crippen molar-refractivity contribution in [3.05, 3.63) is 54.5 Å². The molecule has 7 heteroatoms. The first-order valence-corrected chi connectivity index (χ1v) is 8.55. The molecule has 3 heterocycles. The molecule has 7 nitrogen and oxygen atoms in total. The van der Waals surface area contributed by atoms with Crippen LogP contribution in [0.3, 0.4) is 0 Å². The van der Waals surface area contributed by atoms with Crippen molar-refractivity contribution in [3.8, 4) is 0 Å². The van der Waals surface area contributed by atoms with Crippen molar-refractivity contribution in [2.75, 3.05) is 31.1 Å². The van der Waals surface area contributed by atoms with Crippen LogP contribution < -0.4 is 4.90 Å². The first kappa shape index (κ1) is 16.3. The minimum atomic E-state index is -0.453. The Morgan fingerprint density at radius 2 is 1.65 bits per heavy atom. The van der Waals surface area contributed by atoms with E-state index in [1.54, 1.807) is 29.6 Å². The molecule has 0 N–H and O–H groups in total. The quantitative estimate of drug-likeness (QED) is 0.529. The number of carbonyl (C=O) groups is 2. The van der Waals surface area contributed by atoms with Crippen LogP contribution in [-0.2, 0) is 11.8 Å². The smallest absolute Gasteiger partial charge is 0.295 e. The average Bonchev–Trinajstić information content (AvgIpc) is 3.05. The van der Waals surface area contributed by atoms with Crippen molar-refractivity contribution in [2.24, 2.45) is 7.05 Å². The molecule has 4 rings (SSSR count). The molecule has 0 radical (unpaired) electrons. The van der Waals surface area contributed by atoms with Gasteiger partial charge in [0.1, 0.15) is 0 Å². The highest BCUT2D eigenvalue weighted by Crippen LogP contribution is 2.21. The Hall–Kier alpha value is -3.22. The number of aryl methyl sites for hydroxylation is 1. The van der Waals surface area contributed by atoms with Crippen LogP contribution in [0, 0.1) is 0 Å². The van der Waals surface area contributed by atoms with Crippen molar-refractivity contribution < 1.29 is 9.59 Å². The molecule has 1 amide bonds. The Labute approximate surface area is 150 Å². The Morgan fingerprint density at radius 3 is 2.38 bits per heavy atom. The van der Waals surface area contributed by atoms with Crippen molar-refractivity contribution in [1.29, 1.82) is 0 Å². The maximum atomic E-state index is 12.8. The molecule has 0 spiro atoms. The van der Waals surface area contributed by atoms with E-state index in [9.17, 15) is 9.59 Å². The van der Waals surface area contributed by atoms with Gasteiger partial charge in [0.2, 0.25) is 5.95 Å². The number of amides is 1. The summed E-state index contributed by atoms with van der Waals surface area (Å²) < 4.78 is 1.88. The van der Waals surface area contributed by atoms with Crippen LogP contribution in [-0.4, -0.2) is 57.3 Å². The molecule has 1 aliphatic rings. The zero-order valence-electron chi connectivity index (χ0n) is 14.5. The lowest BCUT2D eigenvalue weighted by Crippen LogP contribution is -2.51. The van der Waals surface area contributed by atoms with Crippen molar-refractivity contribution in [2.45, 2.75) is 0 Å². The Bertz CT molecular complexity index is 958. The molecule has 0 aliphatic carbocycles. The molecule has 0 bridgehead atoms. The van der Waals surface area contributed by atoms with Crippen molar-refractivity contribution in [1.82, 2.24) is 19.4 Å². The molecular formula is C19H19N5O2.